The molecule has 0 unspecified atom stereocenters. The van der Waals surface area contributed by atoms with Crippen LogP contribution < -0.4 is 4.90 Å². The van der Waals surface area contributed by atoms with Gasteiger partial charge in [0.1, 0.15) is 0 Å². The summed E-state index contributed by atoms with van der Waals surface area (Å²) in [5.74, 6) is -0.737. The Balaban J connectivity index is 2.47. The number of hydrogen-bond donors (Lipinski definition) is 0. The zero-order valence-corrected chi connectivity index (χ0v) is 9.54. The largest absolute Gasteiger partial charge is 0.416 e. The van der Waals surface area contributed by atoms with Gasteiger partial charge in [0.05, 0.1) is 18.5 Å². The van der Waals surface area contributed by atoms with E-state index in [0.29, 0.717) is 0 Å². The van der Waals surface area contributed by atoms with E-state index in [4.69, 9.17) is 0 Å². The van der Waals surface area contributed by atoms with Crippen molar-refractivity contribution >= 4 is 17.4 Å². The third kappa shape index (κ3) is 2.10. The molecule has 0 saturated carbocycles. The van der Waals surface area contributed by atoms with Gasteiger partial charge in [-0.1, -0.05) is 6.07 Å². The topological polar surface area (TPSA) is 37.4 Å². The van der Waals surface area contributed by atoms with Gasteiger partial charge in [-0.05, 0) is 24.6 Å². The SMILES string of the molecule is Cc1c(N2CC(=O)CC2=O)cccc1C(F)(F)F. The van der Waals surface area contributed by atoms with Gasteiger partial charge in [-0.2, -0.15) is 13.2 Å². The average molecular weight is 257 g/mol. The van der Waals surface area contributed by atoms with Crippen molar-refractivity contribution in [2.75, 3.05) is 11.4 Å². The standard InChI is InChI=1S/C12H10F3NO2/c1-7-9(12(13,14)15)3-2-4-10(7)16-6-8(17)5-11(16)18/h2-4H,5-6H2,1H3. The number of carbonyl (C=O) groups is 2. The maximum Gasteiger partial charge on any atom is 0.416 e. The molecule has 1 aromatic rings. The van der Waals surface area contributed by atoms with E-state index in [1.807, 2.05) is 0 Å². The van der Waals surface area contributed by atoms with Crippen molar-refractivity contribution < 1.29 is 22.8 Å². The lowest BCUT2D eigenvalue weighted by Crippen LogP contribution is -2.26. The fourth-order valence-electron chi connectivity index (χ4n) is 2.03. The minimum Gasteiger partial charge on any atom is -0.304 e. The van der Waals surface area contributed by atoms with Crippen molar-refractivity contribution in [1.82, 2.24) is 0 Å². The molecule has 1 aromatic carbocycles. The summed E-state index contributed by atoms with van der Waals surface area (Å²) in [4.78, 5) is 23.8. The monoisotopic (exact) mass is 257 g/mol. The van der Waals surface area contributed by atoms with E-state index in [-0.39, 0.29) is 30.0 Å². The lowest BCUT2D eigenvalue weighted by atomic mass is 10.1. The second-order valence-corrected chi connectivity index (χ2v) is 4.14. The van der Waals surface area contributed by atoms with Crippen molar-refractivity contribution in [2.45, 2.75) is 19.5 Å². The van der Waals surface area contributed by atoms with Crippen LogP contribution in [-0.2, 0) is 15.8 Å². The first-order chi connectivity index (χ1) is 8.30. The van der Waals surface area contributed by atoms with Crippen molar-refractivity contribution in [3.8, 4) is 0 Å². The zero-order chi connectivity index (χ0) is 13.5. The number of Topliss-reactive ketones (excluding diaryl/α,β-unsaturated/α-hetero) is 1. The molecule has 0 bridgehead atoms. The summed E-state index contributed by atoms with van der Waals surface area (Å²) in [7, 11) is 0. The van der Waals surface area contributed by atoms with Gasteiger partial charge in [0.25, 0.3) is 0 Å². The van der Waals surface area contributed by atoms with Crippen molar-refractivity contribution in [2.24, 2.45) is 0 Å². The van der Waals surface area contributed by atoms with E-state index in [9.17, 15) is 22.8 Å². The quantitative estimate of drug-likeness (QED) is 0.724. The highest BCUT2D eigenvalue weighted by Gasteiger charge is 2.35. The molecule has 1 fully saturated rings. The molecule has 96 valence electrons. The number of hydrogen-bond acceptors (Lipinski definition) is 2. The molecule has 18 heavy (non-hydrogen) atoms. The van der Waals surface area contributed by atoms with Crippen LogP contribution in [-0.4, -0.2) is 18.2 Å². The molecule has 6 heteroatoms. The molecular weight excluding hydrogens is 247 g/mol. The third-order valence-electron chi connectivity index (χ3n) is 2.89. The molecule has 0 aliphatic carbocycles. The Bertz CT molecular complexity index is 523. The summed E-state index contributed by atoms with van der Waals surface area (Å²) in [6, 6.07) is 3.61. The number of rotatable bonds is 1. The predicted molar refractivity (Wildman–Crippen MR) is 58.2 cm³/mol. The molecular formula is C12H10F3NO2. The second kappa shape index (κ2) is 4.12. The average Bonchev–Trinajstić information content (AvgIpc) is 2.56. The van der Waals surface area contributed by atoms with Crippen molar-refractivity contribution in [3.63, 3.8) is 0 Å². The Kier molecular flexibility index (Phi) is 2.88. The first-order valence-electron chi connectivity index (χ1n) is 5.29. The Labute approximate surface area is 101 Å². The van der Waals surface area contributed by atoms with Crippen LogP contribution >= 0.6 is 0 Å². The van der Waals surface area contributed by atoms with Crippen LogP contribution in [0.2, 0.25) is 0 Å². The van der Waals surface area contributed by atoms with Gasteiger partial charge in [-0.25, -0.2) is 0 Å². The maximum absolute atomic E-state index is 12.7. The lowest BCUT2D eigenvalue weighted by Gasteiger charge is -2.20. The molecule has 1 aliphatic heterocycles. The highest BCUT2D eigenvalue weighted by Crippen LogP contribution is 2.36. The van der Waals surface area contributed by atoms with Gasteiger partial charge >= 0.3 is 6.18 Å². The molecule has 1 saturated heterocycles. The molecule has 0 atom stereocenters. The molecule has 0 spiro atoms. The van der Waals surface area contributed by atoms with Crippen LogP contribution in [0.25, 0.3) is 0 Å². The number of anilines is 1. The summed E-state index contributed by atoms with van der Waals surface area (Å²) in [5, 5.41) is 0. The van der Waals surface area contributed by atoms with E-state index in [2.05, 4.69) is 0 Å². The van der Waals surface area contributed by atoms with Crippen LogP contribution in [0.1, 0.15) is 17.5 Å². The molecule has 1 aliphatic rings. The number of ketones is 1. The summed E-state index contributed by atoms with van der Waals surface area (Å²) in [5.41, 5.74) is -0.666. The van der Waals surface area contributed by atoms with Crippen LogP contribution in [0.15, 0.2) is 18.2 Å². The Hall–Kier alpha value is -1.85. The first kappa shape index (κ1) is 12.6. The Morgan fingerprint density at radius 2 is 1.89 bits per heavy atom. The normalized spacial score (nSPS) is 16.6. The molecule has 1 heterocycles. The number of benzene rings is 1. The number of halogens is 3. The fourth-order valence-corrected chi connectivity index (χ4v) is 2.03. The number of alkyl halides is 3. The van der Waals surface area contributed by atoms with Gasteiger partial charge in [0.2, 0.25) is 5.91 Å². The zero-order valence-electron chi connectivity index (χ0n) is 9.54. The van der Waals surface area contributed by atoms with E-state index in [1.165, 1.54) is 19.1 Å². The van der Waals surface area contributed by atoms with Crippen molar-refractivity contribution in [3.05, 3.63) is 29.3 Å². The van der Waals surface area contributed by atoms with Crippen molar-refractivity contribution in [1.29, 1.82) is 0 Å². The van der Waals surface area contributed by atoms with Crippen LogP contribution in [0.4, 0.5) is 18.9 Å². The van der Waals surface area contributed by atoms with Gasteiger partial charge in [-0.3, -0.25) is 9.59 Å². The predicted octanol–water partition coefficient (Wildman–Crippen LogP) is 2.32. The summed E-state index contributed by atoms with van der Waals surface area (Å²) in [6.45, 7) is 1.15. The number of nitrogens with zero attached hydrogens (tertiary/aromatic N) is 1. The highest BCUT2D eigenvalue weighted by molar-refractivity contribution is 6.15. The molecule has 3 nitrogen and oxygen atoms in total. The van der Waals surface area contributed by atoms with Crippen LogP contribution in [0.3, 0.4) is 0 Å². The Morgan fingerprint density at radius 1 is 1.22 bits per heavy atom. The minimum atomic E-state index is -4.47. The number of carbonyl (C=O) groups excluding carboxylic acids is 2. The van der Waals surface area contributed by atoms with E-state index < -0.39 is 17.6 Å². The number of amides is 1. The van der Waals surface area contributed by atoms with Gasteiger partial charge < -0.3 is 4.90 Å². The maximum atomic E-state index is 12.7. The third-order valence-corrected chi connectivity index (χ3v) is 2.89. The molecule has 1 amide bonds. The fraction of sp³-hybridized carbons (Fsp3) is 0.333. The van der Waals surface area contributed by atoms with Crippen LogP contribution in [0, 0.1) is 6.92 Å². The summed E-state index contributed by atoms with van der Waals surface area (Å²) in [6.07, 6.45) is -4.71. The van der Waals surface area contributed by atoms with Gasteiger partial charge in [0.15, 0.2) is 5.78 Å². The van der Waals surface area contributed by atoms with Crippen LogP contribution in [0.5, 0.6) is 0 Å². The minimum absolute atomic E-state index is 0.0342. The Morgan fingerprint density at radius 3 is 2.39 bits per heavy atom. The van der Waals surface area contributed by atoms with E-state index in [0.717, 1.165) is 11.0 Å². The van der Waals surface area contributed by atoms with E-state index in [1.54, 1.807) is 0 Å². The summed E-state index contributed by atoms with van der Waals surface area (Å²) >= 11 is 0. The highest BCUT2D eigenvalue weighted by atomic mass is 19.4. The molecule has 0 aromatic heterocycles. The summed E-state index contributed by atoms with van der Waals surface area (Å²) < 4.78 is 38.2. The molecule has 2 rings (SSSR count). The van der Waals surface area contributed by atoms with Gasteiger partial charge in [-0.15, -0.1) is 0 Å². The smallest absolute Gasteiger partial charge is 0.304 e. The first-order valence-corrected chi connectivity index (χ1v) is 5.29. The molecule has 0 N–H and O–H groups in total. The van der Waals surface area contributed by atoms with Gasteiger partial charge in [0, 0.05) is 5.69 Å². The molecule has 0 radical (unpaired) electrons. The lowest BCUT2D eigenvalue weighted by molar-refractivity contribution is -0.138. The second-order valence-electron chi connectivity index (χ2n) is 4.14. The van der Waals surface area contributed by atoms with E-state index >= 15 is 0 Å².